The number of nitrogens with one attached hydrogen (secondary N) is 2. The summed E-state index contributed by atoms with van der Waals surface area (Å²) < 4.78 is 27.0. The monoisotopic (exact) mass is 436 g/mol. The second-order valence-electron chi connectivity index (χ2n) is 7.09. The van der Waals surface area contributed by atoms with Crippen LogP contribution in [-0.2, 0) is 17.1 Å². The van der Waals surface area contributed by atoms with E-state index >= 15 is 0 Å². The Labute approximate surface area is 172 Å². The lowest BCUT2D eigenvalue weighted by Gasteiger charge is -2.34. The average molecular weight is 437 g/mol. The first kappa shape index (κ1) is 19.6. The molecule has 2 N–H and O–H groups in total. The zero-order chi connectivity index (χ0) is 20.9. The third kappa shape index (κ3) is 3.53. The fourth-order valence-electron chi connectivity index (χ4n) is 3.27. The number of anilines is 4. The van der Waals surface area contributed by atoms with Crippen LogP contribution in [0.15, 0.2) is 29.1 Å². The van der Waals surface area contributed by atoms with E-state index < -0.39 is 10.0 Å². The molecule has 0 spiro atoms. The molecule has 0 bridgehead atoms. The van der Waals surface area contributed by atoms with Gasteiger partial charge in [0.05, 0.1) is 23.3 Å². The van der Waals surface area contributed by atoms with Crippen molar-refractivity contribution in [2.75, 3.05) is 40.9 Å². The first-order valence-corrected chi connectivity index (χ1v) is 11.2. The Morgan fingerprint density at radius 2 is 1.97 bits per heavy atom. The summed E-state index contributed by atoms with van der Waals surface area (Å²) in [5.74, 6) is 0. The van der Waals surface area contributed by atoms with Gasteiger partial charge in [-0.15, -0.1) is 0 Å². The second-order valence-corrected chi connectivity index (χ2v) is 9.49. The standard InChI is InChI=1S/C18H21ClN6O3S/c1-23-18(26)16-13(10-15(19)21-17(16)22-23)20-12-6-5-11(25-7-4-8-25)9-14(12)24(2)29(3,27)28/h5-6,9-10H,4,7-8H2,1-3H3,(H2,20,21,22). The number of aryl methyl sites for hydroxylation is 1. The van der Waals surface area contributed by atoms with Crippen LogP contribution in [0.25, 0.3) is 11.0 Å². The van der Waals surface area contributed by atoms with Crippen LogP contribution in [-0.4, -0.2) is 49.6 Å². The first-order chi connectivity index (χ1) is 13.6. The molecule has 3 heterocycles. The largest absolute Gasteiger partial charge is 0.371 e. The lowest BCUT2D eigenvalue weighted by molar-refractivity contribution is 0.600. The smallest absolute Gasteiger partial charge is 0.277 e. The van der Waals surface area contributed by atoms with E-state index in [1.807, 2.05) is 18.2 Å². The van der Waals surface area contributed by atoms with Gasteiger partial charge in [-0.25, -0.2) is 13.4 Å². The van der Waals surface area contributed by atoms with Crippen molar-refractivity contribution in [3.05, 3.63) is 39.8 Å². The molecule has 1 aliphatic heterocycles. The topological polar surface area (TPSA) is 103 Å². The fraction of sp³-hybridized carbons (Fsp3) is 0.333. The lowest BCUT2D eigenvalue weighted by atomic mass is 10.1. The second kappa shape index (κ2) is 6.96. The molecular weight excluding hydrogens is 416 g/mol. The van der Waals surface area contributed by atoms with Gasteiger partial charge >= 0.3 is 0 Å². The molecule has 0 amide bonds. The van der Waals surface area contributed by atoms with Gasteiger partial charge in [-0.05, 0) is 30.7 Å². The molecule has 0 atom stereocenters. The highest BCUT2D eigenvalue weighted by Crippen LogP contribution is 2.36. The molecule has 0 unspecified atom stereocenters. The molecule has 0 radical (unpaired) electrons. The normalized spacial score (nSPS) is 14.1. The molecule has 1 fully saturated rings. The summed E-state index contributed by atoms with van der Waals surface area (Å²) in [6.45, 7) is 1.88. The van der Waals surface area contributed by atoms with Crippen molar-refractivity contribution in [1.82, 2.24) is 14.8 Å². The van der Waals surface area contributed by atoms with Crippen molar-refractivity contribution in [2.24, 2.45) is 7.05 Å². The van der Waals surface area contributed by atoms with Gasteiger partial charge in [0.15, 0.2) is 5.65 Å². The van der Waals surface area contributed by atoms with E-state index in [1.54, 1.807) is 13.1 Å². The summed E-state index contributed by atoms with van der Waals surface area (Å²) in [4.78, 5) is 18.8. The number of rotatable bonds is 5. The summed E-state index contributed by atoms with van der Waals surface area (Å²) in [5, 5.41) is 6.58. The van der Waals surface area contributed by atoms with Crippen molar-refractivity contribution < 1.29 is 8.42 Å². The van der Waals surface area contributed by atoms with Crippen LogP contribution in [0.4, 0.5) is 22.7 Å². The van der Waals surface area contributed by atoms with Gasteiger partial charge in [-0.3, -0.25) is 18.9 Å². The first-order valence-electron chi connectivity index (χ1n) is 9.00. The Bertz CT molecular complexity index is 1260. The number of aromatic amines is 1. The van der Waals surface area contributed by atoms with E-state index in [-0.39, 0.29) is 10.7 Å². The van der Waals surface area contributed by atoms with Crippen molar-refractivity contribution in [2.45, 2.75) is 6.42 Å². The Morgan fingerprint density at radius 3 is 2.59 bits per heavy atom. The summed E-state index contributed by atoms with van der Waals surface area (Å²) in [6, 6.07) is 7.11. The van der Waals surface area contributed by atoms with Crippen molar-refractivity contribution in [3.8, 4) is 0 Å². The Morgan fingerprint density at radius 1 is 1.24 bits per heavy atom. The van der Waals surface area contributed by atoms with Crippen LogP contribution in [0.3, 0.4) is 0 Å². The number of halogens is 1. The zero-order valence-corrected chi connectivity index (χ0v) is 17.8. The average Bonchev–Trinajstić information content (AvgIpc) is 2.87. The van der Waals surface area contributed by atoms with E-state index in [2.05, 4.69) is 20.3 Å². The van der Waals surface area contributed by atoms with Gasteiger partial charge in [-0.1, -0.05) is 11.6 Å². The molecule has 4 rings (SSSR count). The predicted octanol–water partition coefficient (Wildman–Crippen LogP) is 2.26. The molecule has 9 nitrogen and oxygen atoms in total. The number of aromatic nitrogens is 3. The van der Waals surface area contributed by atoms with Gasteiger partial charge in [0.2, 0.25) is 10.0 Å². The van der Waals surface area contributed by atoms with Crippen LogP contribution in [0.2, 0.25) is 5.15 Å². The Balaban J connectivity index is 1.85. The van der Waals surface area contributed by atoms with Gasteiger partial charge in [0, 0.05) is 32.9 Å². The number of nitrogens with zero attached hydrogens (tertiary/aromatic N) is 4. The van der Waals surface area contributed by atoms with Gasteiger partial charge in [0.1, 0.15) is 10.5 Å². The van der Waals surface area contributed by atoms with E-state index in [0.29, 0.717) is 28.1 Å². The number of fused-ring (bicyclic) bond motifs is 1. The van der Waals surface area contributed by atoms with Gasteiger partial charge < -0.3 is 10.2 Å². The van der Waals surface area contributed by atoms with Crippen molar-refractivity contribution >= 4 is 55.4 Å². The molecule has 1 aliphatic rings. The number of hydrogen-bond donors (Lipinski definition) is 2. The minimum Gasteiger partial charge on any atom is -0.371 e. The molecule has 1 aromatic carbocycles. The summed E-state index contributed by atoms with van der Waals surface area (Å²) in [7, 11) is -0.402. The molecule has 3 aromatic rings. The number of H-pyrrole nitrogens is 1. The molecule has 2 aromatic heterocycles. The Kier molecular flexibility index (Phi) is 4.70. The highest BCUT2D eigenvalue weighted by atomic mass is 35.5. The number of benzene rings is 1. The maximum Gasteiger partial charge on any atom is 0.277 e. The predicted molar refractivity (Wildman–Crippen MR) is 116 cm³/mol. The quantitative estimate of drug-likeness (QED) is 0.594. The van der Waals surface area contributed by atoms with Crippen LogP contribution in [0.5, 0.6) is 0 Å². The third-order valence-corrected chi connectivity index (χ3v) is 6.47. The SMILES string of the molecule is CN(c1cc(N2CCC2)ccc1Nc1cc(Cl)nc2[nH]n(C)c(=O)c12)S(C)(=O)=O. The molecule has 0 aliphatic carbocycles. The highest BCUT2D eigenvalue weighted by molar-refractivity contribution is 7.92. The molecule has 154 valence electrons. The van der Waals surface area contributed by atoms with Crippen LogP contribution >= 0.6 is 11.6 Å². The Hall–Kier alpha value is -2.72. The molecular formula is C18H21ClN6O3S. The molecule has 11 heteroatoms. The van der Waals surface area contributed by atoms with E-state index in [9.17, 15) is 13.2 Å². The fourth-order valence-corrected chi connectivity index (χ4v) is 3.97. The minimum absolute atomic E-state index is 0.206. The number of hydrogen-bond acceptors (Lipinski definition) is 6. The number of pyridine rings is 1. The van der Waals surface area contributed by atoms with E-state index in [1.165, 1.54) is 16.0 Å². The summed E-state index contributed by atoms with van der Waals surface area (Å²) >= 11 is 6.12. The van der Waals surface area contributed by atoms with E-state index in [4.69, 9.17) is 11.6 Å². The van der Waals surface area contributed by atoms with Crippen LogP contribution in [0.1, 0.15) is 6.42 Å². The summed E-state index contributed by atoms with van der Waals surface area (Å²) in [6.07, 6.45) is 2.26. The van der Waals surface area contributed by atoms with E-state index in [0.717, 1.165) is 31.5 Å². The summed E-state index contributed by atoms with van der Waals surface area (Å²) in [5.41, 5.74) is 2.49. The lowest BCUT2D eigenvalue weighted by Crippen LogP contribution is -2.37. The molecule has 1 saturated heterocycles. The van der Waals surface area contributed by atoms with Crippen molar-refractivity contribution in [3.63, 3.8) is 0 Å². The van der Waals surface area contributed by atoms with Gasteiger partial charge in [-0.2, -0.15) is 0 Å². The van der Waals surface area contributed by atoms with Crippen LogP contribution < -0.4 is 20.1 Å². The third-order valence-electron chi connectivity index (χ3n) is 5.09. The minimum atomic E-state index is -3.49. The van der Waals surface area contributed by atoms with Crippen LogP contribution in [0, 0.1) is 0 Å². The number of sulfonamides is 1. The van der Waals surface area contributed by atoms with Gasteiger partial charge in [0.25, 0.3) is 5.56 Å². The maximum absolute atomic E-state index is 12.5. The zero-order valence-electron chi connectivity index (χ0n) is 16.2. The van der Waals surface area contributed by atoms with Crippen molar-refractivity contribution in [1.29, 1.82) is 0 Å². The molecule has 29 heavy (non-hydrogen) atoms. The highest BCUT2D eigenvalue weighted by Gasteiger charge is 2.22. The molecule has 0 saturated carbocycles. The maximum atomic E-state index is 12.5.